The van der Waals surface area contributed by atoms with Crippen molar-refractivity contribution in [1.29, 1.82) is 0 Å². The highest BCUT2D eigenvalue weighted by molar-refractivity contribution is 5.92. The number of nitrogens with one attached hydrogen (secondary N) is 2. The van der Waals surface area contributed by atoms with Crippen LogP contribution < -0.4 is 10.6 Å². The fourth-order valence-corrected chi connectivity index (χ4v) is 2.67. The van der Waals surface area contributed by atoms with Gasteiger partial charge in [-0.2, -0.15) is 0 Å². The van der Waals surface area contributed by atoms with Gasteiger partial charge in [-0.15, -0.1) is 0 Å². The molecule has 118 valence electrons. The summed E-state index contributed by atoms with van der Waals surface area (Å²) in [5.74, 6) is 0.0167. The molecule has 1 aliphatic heterocycles. The number of hydrogen-bond acceptors (Lipinski definition) is 3. The average molecular weight is 293 g/mol. The number of nitrogens with zero attached hydrogens (tertiary/aromatic N) is 1. The van der Waals surface area contributed by atoms with Crippen molar-refractivity contribution in [3.63, 3.8) is 0 Å². The Bertz CT molecular complexity index is 436. The minimum atomic E-state index is 0.0167. The Labute approximate surface area is 127 Å². The van der Waals surface area contributed by atoms with Crippen LogP contribution in [0.2, 0.25) is 0 Å². The molecule has 0 unspecified atom stereocenters. The molecule has 1 amide bonds. The molecule has 0 saturated carbocycles. The first-order valence-electron chi connectivity index (χ1n) is 7.96. The zero-order valence-electron chi connectivity index (χ0n) is 13.1. The average Bonchev–Trinajstić information content (AvgIpc) is 2.97. The predicted octanol–water partition coefficient (Wildman–Crippen LogP) is 1.96. The van der Waals surface area contributed by atoms with Crippen molar-refractivity contribution < 1.29 is 9.53 Å². The first-order valence-corrected chi connectivity index (χ1v) is 7.96. The molecule has 0 atom stereocenters. The zero-order chi connectivity index (χ0) is 15.1. The summed E-state index contributed by atoms with van der Waals surface area (Å²) in [6.07, 6.45) is 5.27. The molecular formula is C16H27N3O2. The molecule has 2 N–H and O–H groups in total. The molecule has 5 heteroatoms. The summed E-state index contributed by atoms with van der Waals surface area (Å²) >= 11 is 0. The highest BCUT2D eigenvalue weighted by Gasteiger charge is 2.19. The molecule has 0 bridgehead atoms. The number of amides is 1. The van der Waals surface area contributed by atoms with E-state index in [4.69, 9.17) is 4.74 Å². The Balaban J connectivity index is 1.81. The molecule has 0 spiro atoms. The maximum absolute atomic E-state index is 12.3. The molecule has 21 heavy (non-hydrogen) atoms. The third-order valence-corrected chi connectivity index (χ3v) is 3.77. The van der Waals surface area contributed by atoms with Crippen molar-refractivity contribution >= 4 is 5.91 Å². The van der Waals surface area contributed by atoms with Crippen LogP contribution >= 0.6 is 0 Å². The van der Waals surface area contributed by atoms with Crippen molar-refractivity contribution in [2.45, 2.75) is 45.3 Å². The molecule has 1 aromatic rings. The van der Waals surface area contributed by atoms with Crippen molar-refractivity contribution in [3.05, 3.63) is 24.0 Å². The number of carbonyl (C=O) groups is 1. The summed E-state index contributed by atoms with van der Waals surface area (Å²) in [5.41, 5.74) is 0.770. The quantitative estimate of drug-likeness (QED) is 0.756. The van der Waals surface area contributed by atoms with Crippen LogP contribution in [0.3, 0.4) is 0 Å². The van der Waals surface area contributed by atoms with Gasteiger partial charge in [0.1, 0.15) is 5.69 Å². The Hall–Kier alpha value is -1.33. The normalized spacial score (nSPS) is 16.3. The van der Waals surface area contributed by atoms with Gasteiger partial charge in [-0.3, -0.25) is 4.79 Å². The van der Waals surface area contributed by atoms with Crippen molar-refractivity contribution in [3.8, 4) is 0 Å². The van der Waals surface area contributed by atoms with Crippen LogP contribution in [0.15, 0.2) is 18.3 Å². The lowest BCUT2D eigenvalue weighted by atomic mass is 10.1. The van der Waals surface area contributed by atoms with Crippen LogP contribution in [0.5, 0.6) is 0 Å². The SMILES string of the molecule is CC(C)OCCCNC(=O)c1cccn1C1CCNCC1. The van der Waals surface area contributed by atoms with Gasteiger partial charge >= 0.3 is 0 Å². The molecular weight excluding hydrogens is 266 g/mol. The van der Waals surface area contributed by atoms with E-state index in [9.17, 15) is 4.79 Å². The molecule has 2 heterocycles. The standard InChI is InChI=1S/C16H27N3O2/c1-13(2)21-12-4-8-18-16(20)15-5-3-11-19(15)14-6-9-17-10-7-14/h3,5,11,13-14,17H,4,6-10,12H2,1-2H3,(H,18,20). The zero-order valence-corrected chi connectivity index (χ0v) is 13.1. The van der Waals surface area contributed by atoms with E-state index in [-0.39, 0.29) is 12.0 Å². The van der Waals surface area contributed by atoms with E-state index in [0.29, 0.717) is 19.2 Å². The van der Waals surface area contributed by atoms with E-state index < -0.39 is 0 Å². The van der Waals surface area contributed by atoms with Crippen LogP contribution in [-0.2, 0) is 4.74 Å². The highest BCUT2D eigenvalue weighted by atomic mass is 16.5. The Morgan fingerprint density at radius 1 is 1.48 bits per heavy atom. The van der Waals surface area contributed by atoms with Crippen LogP contribution in [-0.4, -0.2) is 42.8 Å². The predicted molar refractivity (Wildman–Crippen MR) is 83.6 cm³/mol. The molecule has 0 aromatic carbocycles. The van der Waals surface area contributed by atoms with Crippen molar-refractivity contribution in [1.82, 2.24) is 15.2 Å². The Kier molecular flexibility index (Phi) is 6.26. The number of aromatic nitrogens is 1. The number of rotatable bonds is 7. The summed E-state index contributed by atoms with van der Waals surface area (Å²) in [4.78, 5) is 12.3. The first-order chi connectivity index (χ1) is 10.2. The lowest BCUT2D eigenvalue weighted by Gasteiger charge is -2.25. The van der Waals surface area contributed by atoms with E-state index in [1.54, 1.807) is 0 Å². The molecule has 5 nitrogen and oxygen atoms in total. The lowest BCUT2D eigenvalue weighted by molar-refractivity contribution is 0.0755. The number of piperidine rings is 1. The summed E-state index contributed by atoms with van der Waals surface area (Å²) in [7, 11) is 0. The van der Waals surface area contributed by atoms with Gasteiger partial charge in [-0.1, -0.05) is 0 Å². The third kappa shape index (κ3) is 4.86. The number of carbonyl (C=O) groups excluding carboxylic acids is 1. The van der Waals surface area contributed by atoms with E-state index in [0.717, 1.165) is 38.0 Å². The van der Waals surface area contributed by atoms with Gasteiger partial charge in [0.25, 0.3) is 5.91 Å². The summed E-state index contributed by atoms with van der Waals surface area (Å²) in [6.45, 7) is 7.43. The number of ether oxygens (including phenoxy) is 1. The van der Waals surface area contributed by atoms with E-state index >= 15 is 0 Å². The lowest BCUT2D eigenvalue weighted by Crippen LogP contribution is -2.33. The van der Waals surface area contributed by atoms with Gasteiger partial charge in [0, 0.05) is 25.4 Å². The fourth-order valence-electron chi connectivity index (χ4n) is 2.67. The summed E-state index contributed by atoms with van der Waals surface area (Å²) < 4.78 is 7.60. The molecule has 0 radical (unpaired) electrons. The molecule has 1 aromatic heterocycles. The van der Waals surface area contributed by atoms with Gasteiger partial charge < -0.3 is 19.9 Å². The van der Waals surface area contributed by atoms with Gasteiger partial charge in [-0.25, -0.2) is 0 Å². The van der Waals surface area contributed by atoms with E-state index in [2.05, 4.69) is 15.2 Å². The molecule has 1 fully saturated rings. The summed E-state index contributed by atoms with van der Waals surface area (Å²) in [5, 5.41) is 6.34. The van der Waals surface area contributed by atoms with E-state index in [1.165, 1.54) is 0 Å². The molecule has 2 rings (SSSR count). The minimum Gasteiger partial charge on any atom is -0.379 e. The monoisotopic (exact) mass is 293 g/mol. The van der Waals surface area contributed by atoms with Crippen LogP contribution in [0, 0.1) is 0 Å². The van der Waals surface area contributed by atoms with Gasteiger partial charge in [0.05, 0.1) is 6.10 Å². The maximum atomic E-state index is 12.3. The Morgan fingerprint density at radius 3 is 2.95 bits per heavy atom. The Morgan fingerprint density at radius 2 is 2.24 bits per heavy atom. The van der Waals surface area contributed by atoms with Crippen LogP contribution in [0.4, 0.5) is 0 Å². The van der Waals surface area contributed by atoms with Gasteiger partial charge in [0.2, 0.25) is 0 Å². The highest BCUT2D eigenvalue weighted by Crippen LogP contribution is 2.21. The minimum absolute atomic E-state index is 0.0167. The van der Waals surface area contributed by atoms with Crippen LogP contribution in [0.1, 0.15) is 49.6 Å². The van der Waals surface area contributed by atoms with Crippen molar-refractivity contribution in [2.75, 3.05) is 26.2 Å². The van der Waals surface area contributed by atoms with Crippen molar-refractivity contribution in [2.24, 2.45) is 0 Å². The second kappa shape index (κ2) is 8.20. The van der Waals surface area contributed by atoms with Gasteiger partial charge in [0.15, 0.2) is 0 Å². The molecule has 1 saturated heterocycles. The smallest absolute Gasteiger partial charge is 0.267 e. The third-order valence-electron chi connectivity index (χ3n) is 3.77. The number of hydrogen-bond donors (Lipinski definition) is 2. The topological polar surface area (TPSA) is 55.3 Å². The second-order valence-electron chi connectivity index (χ2n) is 5.81. The fraction of sp³-hybridized carbons (Fsp3) is 0.688. The molecule has 0 aliphatic carbocycles. The molecule has 1 aliphatic rings. The summed E-state index contributed by atoms with van der Waals surface area (Å²) in [6, 6.07) is 4.30. The van der Waals surface area contributed by atoms with Crippen LogP contribution in [0.25, 0.3) is 0 Å². The van der Waals surface area contributed by atoms with E-state index in [1.807, 2.05) is 32.2 Å². The first kappa shape index (κ1) is 16.0. The largest absolute Gasteiger partial charge is 0.379 e. The maximum Gasteiger partial charge on any atom is 0.267 e. The van der Waals surface area contributed by atoms with Gasteiger partial charge in [-0.05, 0) is 58.3 Å². The second-order valence-corrected chi connectivity index (χ2v) is 5.81.